The highest BCUT2D eigenvalue weighted by Crippen LogP contribution is 2.39. The number of furan rings is 1. The summed E-state index contributed by atoms with van der Waals surface area (Å²) in [4.78, 5) is 4.43. The number of hydrogen-bond acceptors (Lipinski definition) is 7. The maximum absolute atomic E-state index is 12.6. The molecule has 0 fully saturated rings. The number of aromatic nitrogens is 1. The zero-order valence-electron chi connectivity index (χ0n) is 12.1. The topological polar surface area (TPSA) is 95.4 Å². The molecule has 25 heavy (non-hydrogen) atoms. The van der Waals surface area contributed by atoms with E-state index in [0.717, 1.165) is 0 Å². The number of nitrogens with two attached hydrogens (primary N) is 1. The maximum Gasteiger partial charge on any atom is 0.534 e. The number of nitrogen functional groups attached to an aromatic ring is 1. The van der Waals surface area contributed by atoms with Crippen molar-refractivity contribution in [1.29, 1.82) is 0 Å². The minimum absolute atomic E-state index is 0.216. The van der Waals surface area contributed by atoms with E-state index >= 15 is 0 Å². The Bertz CT molecular complexity index is 982. The Morgan fingerprint density at radius 3 is 2.60 bits per heavy atom. The molecule has 0 aliphatic rings. The van der Waals surface area contributed by atoms with Crippen LogP contribution in [-0.2, 0) is 10.1 Å². The molecule has 3 rings (SSSR count). The summed E-state index contributed by atoms with van der Waals surface area (Å²) in [6.07, 6.45) is 2.65. The lowest BCUT2D eigenvalue weighted by molar-refractivity contribution is -0.0501. The molecule has 0 spiro atoms. The van der Waals surface area contributed by atoms with E-state index in [0.29, 0.717) is 10.4 Å². The average Bonchev–Trinajstić information content (AvgIpc) is 3.20. The molecule has 3 aromatic rings. The minimum atomic E-state index is -5.91. The van der Waals surface area contributed by atoms with Crippen LogP contribution in [-0.4, -0.2) is 18.9 Å². The van der Waals surface area contributed by atoms with E-state index in [1.54, 1.807) is 17.5 Å². The van der Waals surface area contributed by atoms with Gasteiger partial charge in [0.1, 0.15) is 5.69 Å². The number of rotatable bonds is 4. The van der Waals surface area contributed by atoms with Gasteiger partial charge >= 0.3 is 15.6 Å². The van der Waals surface area contributed by atoms with Crippen molar-refractivity contribution in [3.63, 3.8) is 0 Å². The number of nitrogens with zero attached hydrogens (tertiary/aromatic N) is 1. The first kappa shape index (κ1) is 17.3. The van der Waals surface area contributed by atoms with E-state index in [9.17, 15) is 21.6 Å². The Kier molecular flexibility index (Phi) is 4.21. The van der Waals surface area contributed by atoms with E-state index in [4.69, 9.17) is 10.2 Å². The van der Waals surface area contributed by atoms with Crippen LogP contribution < -0.4 is 9.92 Å². The first-order valence-corrected chi connectivity index (χ1v) is 8.85. The molecule has 0 aliphatic heterocycles. The number of halogens is 3. The Labute approximate surface area is 143 Å². The lowest BCUT2D eigenvalue weighted by atomic mass is 10.1. The minimum Gasteiger partial charge on any atom is -0.472 e. The fourth-order valence-electron chi connectivity index (χ4n) is 1.95. The predicted molar refractivity (Wildman–Crippen MR) is 85.3 cm³/mol. The van der Waals surface area contributed by atoms with Gasteiger partial charge in [-0.15, -0.1) is 11.3 Å². The monoisotopic (exact) mass is 390 g/mol. The van der Waals surface area contributed by atoms with Crippen molar-refractivity contribution in [3.8, 4) is 27.6 Å². The third kappa shape index (κ3) is 3.33. The number of alkyl halides is 3. The summed E-state index contributed by atoms with van der Waals surface area (Å²) in [5.74, 6) is -0.848. The second-order valence-electron chi connectivity index (χ2n) is 4.75. The summed E-state index contributed by atoms with van der Waals surface area (Å²) in [7, 11) is -5.91. The standard InChI is InChI=1S/C14H9F3N2O4S2/c15-14(16,17)25(20,21)23-13-12(18)9(8-3-4-22-7-8)6-10(19-13)11-2-1-5-24-11/h1-7H,18H2. The summed E-state index contributed by atoms with van der Waals surface area (Å²) >= 11 is 1.27. The van der Waals surface area contributed by atoms with Crippen LogP contribution in [0.3, 0.4) is 0 Å². The van der Waals surface area contributed by atoms with Crippen LogP contribution in [0.4, 0.5) is 18.9 Å². The number of pyridine rings is 1. The Morgan fingerprint density at radius 2 is 2.04 bits per heavy atom. The van der Waals surface area contributed by atoms with Crippen LogP contribution in [0.5, 0.6) is 5.88 Å². The van der Waals surface area contributed by atoms with Gasteiger partial charge in [0, 0.05) is 11.1 Å². The SMILES string of the molecule is Nc1c(-c2ccoc2)cc(-c2cccs2)nc1OS(=O)(=O)C(F)(F)F. The van der Waals surface area contributed by atoms with Crippen molar-refractivity contribution in [2.75, 3.05) is 5.73 Å². The van der Waals surface area contributed by atoms with E-state index in [1.807, 2.05) is 0 Å². The third-order valence-corrected chi connectivity index (χ3v) is 4.94. The smallest absolute Gasteiger partial charge is 0.472 e. The normalized spacial score (nSPS) is 12.3. The summed E-state index contributed by atoms with van der Waals surface area (Å²) in [5, 5.41) is 1.73. The largest absolute Gasteiger partial charge is 0.534 e. The van der Waals surface area contributed by atoms with Gasteiger partial charge in [-0.25, -0.2) is 4.98 Å². The molecule has 6 nitrogen and oxygen atoms in total. The van der Waals surface area contributed by atoms with Gasteiger partial charge in [-0.2, -0.15) is 21.6 Å². The van der Waals surface area contributed by atoms with Gasteiger partial charge in [-0.05, 0) is 23.6 Å². The Hall–Kier alpha value is -2.53. The molecule has 0 saturated carbocycles. The lowest BCUT2D eigenvalue weighted by Crippen LogP contribution is -2.28. The molecular weight excluding hydrogens is 381 g/mol. The maximum atomic E-state index is 12.6. The molecule has 0 atom stereocenters. The molecule has 0 radical (unpaired) electrons. The fraction of sp³-hybridized carbons (Fsp3) is 0.0714. The highest BCUT2D eigenvalue weighted by Gasteiger charge is 2.49. The molecule has 0 aliphatic carbocycles. The second-order valence-corrected chi connectivity index (χ2v) is 7.23. The number of anilines is 1. The van der Waals surface area contributed by atoms with Crippen molar-refractivity contribution < 1.29 is 30.2 Å². The molecule has 0 unspecified atom stereocenters. The summed E-state index contributed by atoms with van der Waals surface area (Å²) in [5.41, 5.74) is 0.724. The highest BCUT2D eigenvalue weighted by atomic mass is 32.2. The average molecular weight is 390 g/mol. The zero-order valence-corrected chi connectivity index (χ0v) is 13.8. The zero-order chi connectivity index (χ0) is 18.2. The Morgan fingerprint density at radius 1 is 1.28 bits per heavy atom. The first-order valence-electron chi connectivity index (χ1n) is 6.57. The Balaban J connectivity index is 2.18. The van der Waals surface area contributed by atoms with Crippen molar-refractivity contribution in [2.45, 2.75) is 5.51 Å². The van der Waals surface area contributed by atoms with E-state index < -0.39 is 21.5 Å². The van der Waals surface area contributed by atoms with Gasteiger partial charge in [-0.1, -0.05) is 6.07 Å². The molecule has 2 N–H and O–H groups in total. The first-order chi connectivity index (χ1) is 11.7. The highest BCUT2D eigenvalue weighted by molar-refractivity contribution is 7.88. The molecule has 0 saturated heterocycles. The van der Waals surface area contributed by atoms with Gasteiger partial charge in [0.2, 0.25) is 0 Å². The molecular formula is C14H9F3N2O4S2. The number of thiophene rings is 1. The van der Waals surface area contributed by atoms with E-state index in [-0.39, 0.29) is 16.9 Å². The van der Waals surface area contributed by atoms with Crippen LogP contribution in [0.1, 0.15) is 0 Å². The van der Waals surface area contributed by atoms with Crippen LogP contribution in [0, 0.1) is 0 Å². The molecule has 132 valence electrons. The molecule has 11 heteroatoms. The molecule has 0 bridgehead atoms. The van der Waals surface area contributed by atoms with E-state index in [1.165, 1.54) is 36.0 Å². The van der Waals surface area contributed by atoms with Crippen LogP contribution in [0.25, 0.3) is 21.7 Å². The van der Waals surface area contributed by atoms with Crippen molar-refractivity contribution in [2.24, 2.45) is 0 Å². The summed E-state index contributed by atoms with van der Waals surface area (Å²) in [6, 6.07) is 6.41. The predicted octanol–water partition coefficient (Wildman–Crippen LogP) is 3.88. The van der Waals surface area contributed by atoms with Crippen molar-refractivity contribution in [1.82, 2.24) is 4.98 Å². The van der Waals surface area contributed by atoms with Crippen LogP contribution in [0.15, 0.2) is 46.6 Å². The van der Waals surface area contributed by atoms with Gasteiger partial charge in [0.05, 0.1) is 23.1 Å². The van der Waals surface area contributed by atoms with Gasteiger partial charge < -0.3 is 14.3 Å². The quantitative estimate of drug-likeness (QED) is 0.537. The lowest BCUT2D eigenvalue weighted by Gasteiger charge is -2.13. The van der Waals surface area contributed by atoms with Gasteiger partial charge in [0.15, 0.2) is 0 Å². The van der Waals surface area contributed by atoms with Crippen molar-refractivity contribution in [3.05, 3.63) is 42.2 Å². The third-order valence-electron chi connectivity index (χ3n) is 3.10. The van der Waals surface area contributed by atoms with E-state index in [2.05, 4.69) is 9.17 Å². The summed E-state index contributed by atoms with van der Waals surface area (Å²) < 4.78 is 69.5. The van der Waals surface area contributed by atoms with Crippen LogP contribution in [0.2, 0.25) is 0 Å². The fourth-order valence-corrected chi connectivity index (χ4v) is 3.07. The summed E-state index contributed by atoms with van der Waals surface area (Å²) in [6.45, 7) is 0. The molecule has 0 aromatic carbocycles. The second kappa shape index (κ2) is 6.08. The van der Waals surface area contributed by atoms with Crippen molar-refractivity contribution >= 4 is 27.1 Å². The van der Waals surface area contributed by atoms with Crippen LogP contribution >= 0.6 is 11.3 Å². The molecule has 3 heterocycles. The molecule has 3 aromatic heterocycles. The number of hydrogen-bond donors (Lipinski definition) is 1. The van der Waals surface area contributed by atoms with Gasteiger partial charge in [-0.3, -0.25) is 0 Å². The molecule has 0 amide bonds. The van der Waals surface area contributed by atoms with Gasteiger partial charge in [0.25, 0.3) is 5.88 Å².